The Labute approximate surface area is 65.5 Å². The van der Waals surface area contributed by atoms with E-state index in [1.165, 1.54) is 12.3 Å². The Kier molecular flexibility index (Phi) is 2.83. The summed E-state index contributed by atoms with van der Waals surface area (Å²) < 4.78 is 12.5. The number of hydrogen-bond donors (Lipinski definition) is 1. The summed E-state index contributed by atoms with van der Waals surface area (Å²) in [7, 11) is 0. The number of anilines is 1. The molecule has 1 heterocycles. The van der Waals surface area contributed by atoms with Gasteiger partial charge in [0, 0.05) is 12.6 Å². The lowest BCUT2D eigenvalue weighted by atomic mass is 10.4. The van der Waals surface area contributed by atoms with Crippen LogP contribution in [0.1, 0.15) is 13.3 Å². The summed E-state index contributed by atoms with van der Waals surface area (Å²) in [5.41, 5.74) is 0.742. The first-order chi connectivity index (χ1) is 5.33. The van der Waals surface area contributed by atoms with Crippen molar-refractivity contribution >= 4 is 5.69 Å². The Morgan fingerprint density at radius 3 is 3.00 bits per heavy atom. The molecule has 0 saturated carbocycles. The van der Waals surface area contributed by atoms with Gasteiger partial charge in [0.05, 0.1) is 18.1 Å². The van der Waals surface area contributed by atoms with Gasteiger partial charge in [-0.2, -0.15) is 0 Å². The summed E-state index contributed by atoms with van der Waals surface area (Å²) in [6, 6.07) is 1.43. The smallest absolute Gasteiger partial charge is 0.143 e. The molecule has 1 aromatic rings. The van der Waals surface area contributed by atoms with Crippen LogP contribution in [0.25, 0.3) is 0 Å². The van der Waals surface area contributed by atoms with Crippen molar-refractivity contribution in [3.63, 3.8) is 0 Å². The van der Waals surface area contributed by atoms with Gasteiger partial charge in [-0.15, -0.1) is 0 Å². The molecule has 0 aromatic carbocycles. The number of aromatic nitrogens is 1. The molecule has 0 spiro atoms. The quantitative estimate of drug-likeness (QED) is 0.720. The molecule has 3 heteroatoms. The Balaban J connectivity index is 2.56. The average Bonchev–Trinajstić information content (AvgIpc) is 2.01. The van der Waals surface area contributed by atoms with E-state index in [-0.39, 0.29) is 5.82 Å². The van der Waals surface area contributed by atoms with Crippen molar-refractivity contribution in [2.45, 2.75) is 13.3 Å². The normalized spacial score (nSPS) is 9.64. The predicted molar refractivity (Wildman–Crippen MR) is 43.0 cm³/mol. The van der Waals surface area contributed by atoms with Crippen LogP contribution in [0.15, 0.2) is 18.5 Å². The summed E-state index contributed by atoms with van der Waals surface area (Å²) in [6.07, 6.45) is 3.83. The molecule has 0 radical (unpaired) electrons. The van der Waals surface area contributed by atoms with Crippen molar-refractivity contribution in [1.29, 1.82) is 0 Å². The van der Waals surface area contributed by atoms with Crippen LogP contribution in [-0.2, 0) is 0 Å². The molecular weight excluding hydrogens is 143 g/mol. The molecule has 0 unspecified atom stereocenters. The Hall–Kier alpha value is -1.12. The van der Waals surface area contributed by atoms with E-state index in [0.717, 1.165) is 18.7 Å². The number of rotatable bonds is 3. The molecule has 1 N–H and O–H groups in total. The third-order valence-electron chi connectivity index (χ3n) is 1.28. The zero-order chi connectivity index (χ0) is 8.10. The number of halogens is 1. The summed E-state index contributed by atoms with van der Waals surface area (Å²) >= 11 is 0. The van der Waals surface area contributed by atoms with Gasteiger partial charge >= 0.3 is 0 Å². The summed E-state index contributed by atoms with van der Waals surface area (Å²) in [5.74, 6) is -0.300. The second-order valence-corrected chi connectivity index (χ2v) is 2.32. The first-order valence-corrected chi connectivity index (χ1v) is 3.67. The fourth-order valence-electron chi connectivity index (χ4n) is 0.778. The summed E-state index contributed by atoms with van der Waals surface area (Å²) in [5, 5.41) is 3.03. The average molecular weight is 154 g/mol. The van der Waals surface area contributed by atoms with E-state index in [1.807, 2.05) is 0 Å². The first kappa shape index (κ1) is 7.98. The topological polar surface area (TPSA) is 24.9 Å². The zero-order valence-corrected chi connectivity index (χ0v) is 6.47. The number of pyridine rings is 1. The second-order valence-electron chi connectivity index (χ2n) is 2.32. The molecule has 0 aliphatic rings. The van der Waals surface area contributed by atoms with Crippen LogP contribution in [0.4, 0.5) is 10.1 Å². The van der Waals surface area contributed by atoms with Crippen LogP contribution in [0.5, 0.6) is 0 Å². The lowest BCUT2D eigenvalue weighted by Crippen LogP contribution is -1.99. The van der Waals surface area contributed by atoms with Crippen LogP contribution >= 0.6 is 0 Å². The van der Waals surface area contributed by atoms with Gasteiger partial charge in [0.2, 0.25) is 0 Å². The Bertz CT molecular complexity index is 225. The maximum atomic E-state index is 12.5. The molecule has 0 amide bonds. The molecule has 0 aliphatic heterocycles. The largest absolute Gasteiger partial charge is 0.384 e. The van der Waals surface area contributed by atoms with Gasteiger partial charge in [-0.25, -0.2) is 4.39 Å². The number of hydrogen-bond acceptors (Lipinski definition) is 2. The van der Waals surface area contributed by atoms with Gasteiger partial charge in [0.1, 0.15) is 5.82 Å². The molecule has 1 rings (SSSR count). The minimum absolute atomic E-state index is 0.300. The fraction of sp³-hybridized carbons (Fsp3) is 0.375. The van der Waals surface area contributed by atoms with Crippen LogP contribution in [0.3, 0.4) is 0 Å². The minimum atomic E-state index is -0.300. The molecular formula is C8H11FN2. The Morgan fingerprint density at radius 2 is 2.36 bits per heavy atom. The van der Waals surface area contributed by atoms with Crippen LogP contribution in [0, 0.1) is 5.82 Å². The van der Waals surface area contributed by atoms with E-state index in [4.69, 9.17) is 0 Å². The monoisotopic (exact) mass is 154 g/mol. The van der Waals surface area contributed by atoms with Gasteiger partial charge in [-0.1, -0.05) is 6.92 Å². The minimum Gasteiger partial charge on any atom is -0.384 e. The van der Waals surface area contributed by atoms with E-state index in [1.54, 1.807) is 6.20 Å². The standard InChI is InChI=1S/C8H11FN2/c1-2-3-11-8-4-7(9)5-10-6-8/h4-6,11H,2-3H2,1H3. The maximum Gasteiger partial charge on any atom is 0.143 e. The predicted octanol–water partition coefficient (Wildman–Crippen LogP) is 2.04. The van der Waals surface area contributed by atoms with Gasteiger partial charge in [-0.05, 0) is 6.42 Å². The van der Waals surface area contributed by atoms with Gasteiger partial charge in [-0.3, -0.25) is 4.98 Å². The molecule has 0 bridgehead atoms. The molecule has 2 nitrogen and oxygen atoms in total. The lowest BCUT2D eigenvalue weighted by Gasteiger charge is -2.02. The maximum absolute atomic E-state index is 12.5. The van der Waals surface area contributed by atoms with Crippen LogP contribution < -0.4 is 5.32 Å². The van der Waals surface area contributed by atoms with E-state index in [2.05, 4.69) is 17.2 Å². The van der Waals surface area contributed by atoms with E-state index >= 15 is 0 Å². The van der Waals surface area contributed by atoms with Crippen molar-refractivity contribution in [1.82, 2.24) is 4.98 Å². The van der Waals surface area contributed by atoms with E-state index in [0.29, 0.717) is 0 Å². The third-order valence-corrected chi connectivity index (χ3v) is 1.28. The molecule has 60 valence electrons. The molecule has 1 aromatic heterocycles. The van der Waals surface area contributed by atoms with Gasteiger partial charge < -0.3 is 5.32 Å². The molecule has 0 fully saturated rings. The summed E-state index contributed by atoms with van der Waals surface area (Å²) in [6.45, 7) is 2.91. The molecule has 0 aliphatic carbocycles. The lowest BCUT2D eigenvalue weighted by molar-refractivity contribution is 0.622. The first-order valence-electron chi connectivity index (χ1n) is 3.67. The fourth-order valence-corrected chi connectivity index (χ4v) is 0.778. The highest BCUT2D eigenvalue weighted by Gasteiger charge is 1.92. The molecule has 0 atom stereocenters. The molecule has 0 saturated heterocycles. The SMILES string of the molecule is CCCNc1cncc(F)c1. The number of nitrogens with one attached hydrogen (secondary N) is 1. The van der Waals surface area contributed by atoms with Crippen molar-refractivity contribution in [3.8, 4) is 0 Å². The van der Waals surface area contributed by atoms with Crippen molar-refractivity contribution in [2.24, 2.45) is 0 Å². The van der Waals surface area contributed by atoms with Crippen molar-refractivity contribution in [2.75, 3.05) is 11.9 Å². The highest BCUT2D eigenvalue weighted by Crippen LogP contribution is 2.05. The van der Waals surface area contributed by atoms with Crippen LogP contribution in [0.2, 0.25) is 0 Å². The van der Waals surface area contributed by atoms with Crippen LogP contribution in [-0.4, -0.2) is 11.5 Å². The van der Waals surface area contributed by atoms with Crippen molar-refractivity contribution in [3.05, 3.63) is 24.3 Å². The van der Waals surface area contributed by atoms with Gasteiger partial charge in [0.25, 0.3) is 0 Å². The number of nitrogens with zero attached hydrogens (tertiary/aromatic N) is 1. The van der Waals surface area contributed by atoms with E-state index in [9.17, 15) is 4.39 Å². The van der Waals surface area contributed by atoms with E-state index < -0.39 is 0 Å². The highest BCUT2D eigenvalue weighted by atomic mass is 19.1. The summed E-state index contributed by atoms with van der Waals surface area (Å²) in [4.78, 5) is 3.70. The molecule has 11 heavy (non-hydrogen) atoms. The van der Waals surface area contributed by atoms with Crippen molar-refractivity contribution < 1.29 is 4.39 Å². The zero-order valence-electron chi connectivity index (χ0n) is 6.47. The second kappa shape index (κ2) is 3.91. The highest BCUT2D eigenvalue weighted by molar-refractivity contribution is 5.39. The third kappa shape index (κ3) is 2.53. The Morgan fingerprint density at radius 1 is 1.55 bits per heavy atom. The van der Waals surface area contributed by atoms with Gasteiger partial charge in [0.15, 0.2) is 0 Å².